The van der Waals surface area contributed by atoms with Crippen LogP contribution in [0.1, 0.15) is 17.5 Å². The van der Waals surface area contributed by atoms with Crippen LogP contribution in [0, 0.1) is 15.3 Å². The van der Waals surface area contributed by atoms with Crippen LogP contribution in [0.5, 0.6) is 5.75 Å². The van der Waals surface area contributed by atoms with Crippen LogP contribution in [0.2, 0.25) is 0 Å². The molecular weight excluding hydrogens is 486 g/mol. The highest BCUT2D eigenvalue weighted by molar-refractivity contribution is 14.1. The van der Waals surface area contributed by atoms with Gasteiger partial charge in [-0.25, -0.2) is 4.39 Å². The number of rotatable bonds is 5. The van der Waals surface area contributed by atoms with E-state index in [9.17, 15) is 9.50 Å². The zero-order chi connectivity index (χ0) is 20.4. The molecule has 0 saturated heterocycles. The maximum absolute atomic E-state index is 13.3. The SMILES string of the molecule is COc1ccc(C2=CC3C(=CO2)C=C(CCc2cncc(F)c2)NC3O)cc1I. The molecule has 2 N–H and O–H groups in total. The molecule has 0 spiro atoms. The quantitative estimate of drug-likeness (QED) is 0.598. The van der Waals surface area contributed by atoms with Crippen LogP contribution >= 0.6 is 22.6 Å². The highest BCUT2D eigenvalue weighted by Crippen LogP contribution is 2.35. The summed E-state index contributed by atoms with van der Waals surface area (Å²) in [5.41, 5.74) is 3.51. The van der Waals surface area contributed by atoms with E-state index in [1.165, 1.54) is 12.3 Å². The van der Waals surface area contributed by atoms with Gasteiger partial charge in [-0.15, -0.1) is 0 Å². The van der Waals surface area contributed by atoms with Crippen molar-refractivity contribution in [3.63, 3.8) is 0 Å². The van der Waals surface area contributed by atoms with E-state index in [1.54, 1.807) is 19.6 Å². The standard InChI is InChI=1S/C22H20FIN2O3/c1-28-20-5-3-14(8-19(20)24)21-9-18-15(12-29-21)7-17(26-22(18)27)4-2-13-6-16(23)11-25-10-13/h3,5-12,18,22,26-27H,2,4H2,1H3. The Balaban J connectivity index is 1.48. The summed E-state index contributed by atoms with van der Waals surface area (Å²) in [7, 11) is 1.64. The lowest BCUT2D eigenvalue weighted by Gasteiger charge is -2.32. The molecule has 0 fully saturated rings. The number of ether oxygens (including phenoxy) is 2. The van der Waals surface area contributed by atoms with E-state index in [4.69, 9.17) is 9.47 Å². The van der Waals surface area contributed by atoms with Gasteiger partial charge >= 0.3 is 0 Å². The van der Waals surface area contributed by atoms with Crippen molar-refractivity contribution in [2.75, 3.05) is 7.11 Å². The molecule has 2 aromatic rings. The van der Waals surface area contributed by atoms with Crippen LogP contribution in [-0.4, -0.2) is 23.4 Å². The number of allylic oxidation sites excluding steroid dienone is 2. The molecule has 2 atom stereocenters. The predicted octanol–water partition coefficient (Wildman–Crippen LogP) is 4.14. The summed E-state index contributed by atoms with van der Waals surface area (Å²) in [5, 5.41) is 13.8. The minimum absolute atomic E-state index is 0.210. The molecule has 0 bridgehead atoms. The highest BCUT2D eigenvalue weighted by atomic mass is 127. The number of pyridine rings is 1. The number of methoxy groups -OCH3 is 1. The molecule has 0 saturated carbocycles. The Hall–Kier alpha value is -2.39. The fraction of sp³-hybridized carbons (Fsp3) is 0.227. The molecule has 2 aliphatic heterocycles. The lowest BCUT2D eigenvalue weighted by atomic mass is 9.90. The van der Waals surface area contributed by atoms with Gasteiger partial charge in [-0.1, -0.05) is 0 Å². The number of benzene rings is 1. The largest absolute Gasteiger partial charge is 0.496 e. The normalized spacial score (nSPS) is 20.5. The van der Waals surface area contributed by atoms with Gasteiger partial charge in [0.25, 0.3) is 0 Å². The molecule has 3 heterocycles. The van der Waals surface area contributed by atoms with Crippen molar-refractivity contribution >= 4 is 28.4 Å². The van der Waals surface area contributed by atoms with E-state index < -0.39 is 6.23 Å². The summed E-state index contributed by atoms with van der Waals surface area (Å²) in [6, 6.07) is 7.29. The number of aryl methyl sites for hydroxylation is 1. The van der Waals surface area contributed by atoms with Crippen molar-refractivity contribution in [1.82, 2.24) is 10.3 Å². The van der Waals surface area contributed by atoms with Gasteiger partial charge in [0.1, 0.15) is 23.6 Å². The number of nitrogens with zero attached hydrogens (tertiary/aromatic N) is 1. The van der Waals surface area contributed by atoms with Gasteiger partial charge in [0.2, 0.25) is 0 Å². The third kappa shape index (κ3) is 4.45. The maximum Gasteiger partial charge on any atom is 0.141 e. The van der Waals surface area contributed by atoms with E-state index in [1.807, 2.05) is 30.4 Å². The minimum atomic E-state index is -0.761. The third-order valence-electron chi connectivity index (χ3n) is 4.93. The molecule has 7 heteroatoms. The molecule has 1 aromatic carbocycles. The van der Waals surface area contributed by atoms with Crippen molar-refractivity contribution in [2.45, 2.75) is 19.1 Å². The average molecular weight is 506 g/mol. The molecule has 29 heavy (non-hydrogen) atoms. The van der Waals surface area contributed by atoms with Crippen molar-refractivity contribution in [3.8, 4) is 5.75 Å². The van der Waals surface area contributed by atoms with Gasteiger partial charge in [0.05, 0.1) is 29.1 Å². The van der Waals surface area contributed by atoms with Gasteiger partial charge < -0.3 is 19.9 Å². The summed E-state index contributed by atoms with van der Waals surface area (Å²) in [6.45, 7) is 0. The van der Waals surface area contributed by atoms with Gasteiger partial charge in [-0.3, -0.25) is 4.98 Å². The fourth-order valence-electron chi connectivity index (χ4n) is 3.43. The van der Waals surface area contributed by atoms with Crippen molar-refractivity contribution < 1.29 is 19.0 Å². The molecule has 2 aliphatic rings. The Kier molecular flexibility index (Phi) is 5.86. The van der Waals surface area contributed by atoms with Crippen LogP contribution in [0.15, 0.2) is 66.3 Å². The first-order valence-electron chi connectivity index (χ1n) is 9.20. The molecule has 150 valence electrons. The van der Waals surface area contributed by atoms with E-state index in [2.05, 4.69) is 32.9 Å². The number of hydrogen-bond donors (Lipinski definition) is 2. The number of hydrogen-bond acceptors (Lipinski definition) is 5. The first-order valence-corrected chi connectivity index (χ1v) is 10.3. The van der Waals surface area contributed by atoms with E-state index in [0.717, 1.165) is 31.7 Å². The molecular formula is C22H20FIN2O3. The minimum Gasteiger partial charge on any atom is -0.496 e. The third-order valence-corrected chi connectivity index (χ3v) is 5.78. The van der Waals surface area contributed by atoms with Gasteiger partial charge in [-0.05, 0) is 77.4 Å². The number of aromatic nitrogens is 1. The summed E-state index contributed by atoms with van der Waals surface area (Å²) >= 11 is 2.22. The van der Waals surface area contributed by atoms with Crippen molar-refractivity contribution in [1.29, 1.82) is 0 Å². The second-order valence-electron chi connectivity index (χ2n) is 6.91. The number of aliphatic hydroxyl groups excluding tert-OH is 1. The summed E-state index contributed by atoms with van der Waals surface area (Å²) < 4.78 is 25.4. The second-order valence-corrected chi connectivity index (χ2v) is 8.07. The van der Waals surface area contributed by atoms with Crippen molar-refractivity contribution in [2.24, 2.45) is 5.92 Å². The topological polar surface area (TPSA) is 63.6 Å². The second kappa shape index (κ2) is 8.54. The molecule has 4 rings (SSSR count). The lowest BCUT2D eigenvalue weighted by Crippen LogP contribution is -2.39. The first-order chi connectivity index (χ1) is 14.0. The van der Waals surface area contributed by atoms with Crippen LogP contribution < -0.4 is 10.1 Å². The molecule has 0 amide bonds. The number of aliphatic hydroxyl groups is 1. The average Bonchev–Trinajstić information content (AvgIpc) is 2.72. The zero-order valence-corrected chi connectivity index (χ0v) is 17.9. The molecule has 2 unspecified atom stereocenters. The van der Waals surface area contributed by atoms with Crippen LogP contribution in [-0.2, 0) is 11.2 Å². The van der Waals surface area contributed by atoms with Crippen LogP contribution in [0.25, 0.3) is 5.76 Å². The molecule has 0 aliphatic carbocycles. The summed E-state index contributed by atoms with van der Waals surface area (Å²) in [6.07, 6.45) is 8.94. The number of nitrogens with one attached hydrogen (secondary N) is 1. The Labute approximate surface area is 182 Å². The molecule has 0 radical (unpaired) electrons. The smallest absolute Gasteiger partial charge is 0.141 e. The van der Waals surface area contributed by atoms with Crippen LogP contribution in [0.4, 0.5) is 4.39 Å². The van der Waals surface area contributed by atoms with Gasteiger partial charge in [0.15, 0.2) is 0 Å². The van der Waals surface area contributed by atoms with Crippen LogP contribution in [0.3, 0.4) is 0 Å². The Morgan fingerprint density at radius 3 is 2.90 bits per heavy atom. The van der Waals surface area contributed by atoms with E-state index in [0.29, 0.717) is 18.6 Å². The summed E-state index contributed by atoms with van der Waals surface area (Å²) in [4.78, 5) is 3.87. The summed E-state index contributed by atoms with van der Waals surface area (Å²) in [5.74, 6) is 0.950. The fourth-order valence-corrected chi connectivity index (χ4v) is 4.17. The van der Waals surface area contributed by atoms with Crippen molar-refractivity contribution in [3.05, 3.63) is 86.9 Å². The first kappa shape index (κ1) is 19.9. The zero-order valence-electron chi connectivity index (χ0n) is 15.7. The predicted molar refractivity (Wildman–Crippen MR) is 116 cm³/mol. The molecule has 1 aromatic heterocycles. The van der Waals surface area contributed by atoms with E-state index in [-0.39, 0.29) is 11.7 Å². The number of halogens is 2. The van der Waals surface area contributed by atoms with Gasteiger partial charge in [-0.2, -0.15) is 0 Å². The van der Waals surface area contributed by atoms with E-state index >= 15 is 0 Å². The highest BCUT2D eigenvalue weighted by Gasteiger charge is 2.29. The Morgan fingerprint density at radius 2 is 2.14 bits per heavy atom. The molecule has 5 nitrogen and oxygen atoms in total. The lowest BCUT2D eigenvalue weighted by molar-refractivity contribution is 0.111. The van der Waals surface area contributed by atoms with Gasteiger partial charge in [0, 0.05) is 23.0 Å². The number of fused-ring (bicyclic) bond motifs is 1. The Bertz CT molecular complexity index is 1020. The maximum atomic E-state index is 13.3. The monoisotopic (exact) mass is 506 g/mol. The Morgan fingerprint density at radius 1 is 1.28 bits per heavy atom.